The third-order valence-electron chi connectivity index (χ3n) is 4.00. The Labute approximate surface area is 139 Å². The molecule has 22 heavy (non-hydrogen) atoms. The maximum atomic E-state index is 12.6. The number of urea groups is 1. The lowest BCUT2D eigenvalue weighted by molar-refractivity contribution is 0.169. The minimum absolute atomic E-state index is 0.0160. The fourth-order valence-electron chi connectivity index (χ4n) is 2.95. The molecule has 4 nitrogen and oxygen atoms in total. The molecule has 2 amide bonds. The molecule has 0 aliphatic carbocycles. The highest BCUT2D eigenvalue weighted by atomic mass is 79.9. The molecule has 0 saturated heterocycles. The van der Waals surface area contributed by atoms with Crippen molar-refractivity contribution in [1.29, 1.82) is 0 Å². The minimum Gasteiger partial charge on any atom is -0.348 e. The Balaban J connectivity index is 1.87. The van der Waals surface area contributed by atoms with Crippen LogP contribution >= 0.6 is 15.9 Å². The summed E-state index contributed by atoms with van der Waals surface area (Å²) in [6.45, 7) is 2.27. The summed E-state index contributed by atoms with van der Waals surface area (Å²) < 4.78 is 2.24. The van der Waals surface area contributed by atoms with Gasteiger partial charge in [-0.3, -0.25) is 0 Å². The Morgan fingerprint density at radius 3 is 2.77 bits per heavy atom. The highest BCUT2D eigenvalue weighted by Gasteiger charge is 2.31. The van der Waals surface area contributed by atoms with Gasteiger partial charge in [-0.05, 0) is 24.1 Å². The van der Waals surface area contributed by atoms with E-state index in [4.69, 9.17) is 0 Å². The van der Waals surface area contributed by atoms with E-state index < -0.39 is 0 Å². The zero-order chi connectivity index (χ0) is 15.4. The second kappa shape index (κ2) is 7.01. The zero-order valence-electron chi connectivity index (χ0n) is 12.4. The third kappa shape index (κ3) is 3.04. The molecule has 5 heteroatoms. The number of nitrogens with one attached hydrogen (secondary N) is 1. The SMILES string of the molecule is O=C(NCCCBr)N1CCn2cccc2[C@H]1c1ccccc1. The molecule has 0 unspecified atom stereocenters. The van der Waals surface area contributed by atoms with Crippen molar-refractivity contribution >= 4 is 22.0 Å². The van der Waals surface area contributed by atoms with Crippen LogP contribution in [-0.4, -0.2) is 33.9 Å². The van der Waals surface area contributed by atoms with Gasteiger partial charge in [-0.15, -0.1) is 0 Å². The first-order valence-electron chi connectivity index (χ1n) is 7.61. The summed E-state index contributed by atoms with van der Waals surface area (Å²) in [4.78, 5) is 14.5. The van der Waals surface area contributed by atoms with E-state index >= 15 is 0 Å². The summed E-state index contributed by atoms with van der Waals surface area (Å²) in [7, 11) is 0. The standard InChI is InChI=1S/C17H20BrN3O/c18-9-5-10-19-17(22)21-13-12-20-11-4-8-15(20)16(21)14-6-2-1-3-7-14/h1-4,6-8,11,16H,5,9-10,12-13H2,(H,19,22)/t16-/m1/s1. The first kappa shape index (κ1) is 15.2. The summed E-state index contributed by atoms with van der Waals surface area (Å²) in [5.41, 5.74) is 2.32. The lowest BCUT2D eigenvalue weighted by atomic mass is 10.0. The molecule has 0 bridgehead atoms. The highest BCUT2D eigenvalue weighted by Crippen LogP contribution is 2.32. The number of fused-ring (bicyclic) bond motifs is 1. The number of carbonyl (C=O) groups excluding carboxylic acids is 1. The van der Waals surface area contributed by atoms with Crippen LogP contribution in [-0.2, 0) is 6.54 Å². The molecule has 0 fully saturated rings. The number of nitrogens with zero attached hydrogens (tertiary/aromatic N) is 2. The normalized spacial score (nSPS) is 17.1. The molecule has 2 heterocycles. The summed E-state index contributed by atoms with van der Waals surface area (Å²) in [6, 6.07) is 14.4. The summed E-state index contributed by atoms with van der Waals surface area (Å²) in [5, 5.41) is 3.92. The smallest absolute Gasteiger partial charge is 0.318 e. The van der Waals surface area contributed by atoms with Crippen LogP contribution in [0, 0.1) is 0 Å². The largest absolute Gasteiger partial charge is 0.348 e. The van der Waals surface area contributed by atoms with E-state index in [2.05, 4.69) is 56.3 Å². The van der Waals surface area contributed by atoms with Crippen molar-refractivity contribution in [2.75, 3.05) is 18.4 Å². The Hall–Kier alpha value is -1.75. The van der Waals surface area contributed by atoms with Gasteiger partial charge in [-0.25, -0.2) is 4.79 Å². The number of benzene rings is 1. The minimum atomic E-state index is -0.0195. The summed E-state index contributed by atoms with van der Waals surface area (Å²) >= 11 is 3.39. The number of carbonyl (C=O) groups is 1. The second-order valence-corrected chi connectivity index (χ2v) is 6.20. The lowest BCUT2D eigenvalue weighted by Gasteiger charge is -2.37. The van der Waals surface area contributed by atoms with Crippen LogP contribution in [0.5, 0.6) is 0 Å². The van der Waals surface area contributed by atoms with Gasteiger partial charge in [-0.1, -0.05) is 46.3 Å². The monoisotopic (exact) mass is 361 g/mol. The Kier molecular flexibility index (Phi) is 4.83. The molecule has 2 aromatic rings. The summed E-state index contributed by atoms with van der Waals surface area (Å²) in [6.07, 6.45) is 3.03. The van der Waals surface area contributed by atoms with Gasteiger partial charge in [0.25, 0.3) is 0 Å². The highest BCUT2D eigenvalue weighted by molar-refractivity contribution is 9.09. The average Bonchev–Trinajstić information content (AvgIpc) is 3.03. The average molecular weight is 362 g/mol. The topological polar surface area (TPSA) is 37.3 Å². The lowest BCUT2D eigenvalue weighted by Crippen LogP contribution is -2.47. The molecular weight excluding hydrogens is 342 g/mol. The van der Waals surface area contributed by atoms with Crippen molar-refractivity contribution in [2.45, 2.75) is 19.0 Å². The predicted octanol–water partition coefficient (Wildman–Crippen LogP) is 3.39. The molecule has 0 radical (unpaired) electrons. The van der Waals surface area contributed by atoms with Crippen molar-refractivity contribution in [3.63, 3.8) is 0 Å². The van der Waals surface area contributed by atoms with Crippen molar-refractivity contribution in [3.8, 4) is 0 Å². The zero-order valence-corrected chi connectivity index (χ0v) is 14.0. The number of hydrogen-bond donors (Lipinski definition) is 1. The number of aromatic nitrogens is 1. The molecule has 116 valence electrons. The van der Waals surface area contributed by atoms with Gasteiger partial charge in [0.15, 0.2) is 0 Å². The molecule has 1 N–H and O–H groups in total. The van der Waals surface area contributed by atoms with Crippen LogP contribution in [0.4, 0.5) is 4.79 Å². The van der Waals surface area contributed by atoms with E-state index in [0.29, 0.717) is 6.54 Å². The van der Waals surface area contributed by atoms with Gasteiger partial charge >= 0.3 is 6.03 Å². The molecule has 1 atom stereocenters. The second-order valence-electron chi connectivity index (χ2n) is 5.41. The van der Waals surface area contributed by atoms with Crippen molar-refractivity contribution in [1.82, 2.24) is 14.8 Å². The van der Waals surface area contributed by atoms with Gasteiger partial charge in [0.05, 0.1) is 6.04 Å². The van der Waals surface area contributed by atoms with Gasteiger partial charge in [0.2, 0.25) is 0 Å². The molecule has 0 spiro atoms. The Morgan fingerprint density at radius 1 is 1.18 bits per heavy atom. The fraction of sp³-hybridized carbons (Fsp3) is 0.353. The number of alkyl halides is 1. The van der Waals surface area contributed by atoms with Crippen LogP contribution in [0.25, 0.3) is 0 Å². The third-order valence-corrected chi connectivity index (χ3v) is 4.56. The van der Waals surface area contributed by atoms with Crippen LogP contribution in [0.15, 0.2) is 48.7 Å². The Bertz CT molecular complexity index is 626. The quantitative estimate of drug-likeness (QED) is 0.657. The van der Waals surface area contributed by atoms with E-state index in [-0.39, 0.29) is 12.1 Å². The number of hydrogen-bond acceptors (Lipinski definition) is 1. The maximum Gasteiger partial charge on any atom is 0.318 e. The molecule has 3 rings (SSSR count). The van der Waals surface area contributed by atoms with E-state index in [1.165, 1.54) is 5.69 Å². The summed E-state index contributed by atoms with van der Waals surface area (Å²) in [5.74, 6) is 0. The number of halogens is 1. The molecule has 1 aliphatic heterocycles. The molecular formula is C17H20BrN3O. The number of rotatable bonds is 4. The molecule has 0 saturated carbocycles. The Morgan fingerprint density at radius 2 is 2.00 bits per heavy atom. The van der Waals surface area contributed by atoms with Crippen LogP contribution in [0.2, 0.25) is 0 Å². The molecule has 1 aromatic carbocycles. The van der Waals surface area contributed by atoms with Crippen LogP contribution in [0.1, 0.15) is 23.7 Å². The fourth-order valence-corrected chi connectivity index (χ4v) is 3.23. The van der Waals surface area contributed by atoms with Gasteiger partial charge in [0.1, 0.15) is 0 Å². The predicted molar refractivity (Wildman–Crippen MR) is 91.2 cm³/mol. The van der Waals surface area contributed by atoms with Crippen molar-refractivity contribution in [3.05, 3.63) is 59.9 Å². The van der Waals surface area contributed by atoms with Gasteiger partial charge in [-0.2, -0.15) is 0 Å². The molecule has 1 aromatic heterocycles. The van der Waals surface area contributed by atoms with E-state index in [1.54, 1.807) is 0 Å². The number of amides is 2. The van der Waals surface area contributed by atoms with Crippen molar-refractivity contribution in [2.24, 2.45) is 0 Å². The van der Waals surface area contributed by atoms with E-state index in [1.807, 2.05) is 23.1 Å². The maximum absolute atomic E-state index is 12.6. The van der Waals surface area contributed by atoms with E-state index in [9.17, 15) is 4.79 Å². The molecule has 1 aliphatic rings. The van der Waals surface area contributed by atoms with Crippen LogP contribution in [0.3, 0.4) is 0 Å². The van der Waals surface area contributed by atoms with E-state index in [0.717, 1.165) is 30.4 Å². The van der Waals surface area contributed by atoms with Gasteiger partial charge < -0.3 is 14.8 Å². The van der Waals surface area contributed by atoms with Crippen molar-refractivity contribution < 1.29 is 4.79 Å². The van der Waals surface area contributed by atoms with Crippen LogP contribution < -0.4 is 5.32 Å². The first-order valence-corrected chi connectivity index (χ1v) is 8.74. The first-order chi connectivity index (χ1) is 10.8. The van der Waals surface area contributed by atoms with Gasteiger partial charge in [0, 0.05) is 36.9 Å².